The first kappa shape index (κ1) is 27.1. The van der Waals surface area contributed by atoms with E-state index in [4.69, 9.17) is 27.9 Å². The molecule has 37 heavy (non-hydrogen) atoms. The average molecular weight is 557 g/mol. The van der Waals surface area contributed by atoms with Crippen LogP contribution in [0.25, 0.3) is 0 Å². The molecule has 3 aromatic rings. The number of halogens is 6. The lowest BCUT2D eigenvalue weighted by molar-refractivity contribution is -0.140. The Hall–Kier alpha value is -2.95. The summed E-state index contributed by atoms with van der Waals surface area (Å²) in [5.41, 5.74) is -0.00817. The fraction of sp³-hybridized carbons (Fsp3) is 0.320. The van der Waals surface area contributed by atoms with Crippen molar-refractivity contribution in [2.24, 2.45) is 0 Å². The van der Waals surface area contributed by atoms with Gasteiger partial charge in [0.25, 0.3) is 5.91 Å². The molecule has 1 aliphatic rings. The maximum atomic E-state index is 14.2. The molecule has 4 rings (SSSR count). The first-order valence-corrected chi connectivity index (χ1v) is 11.9. The molecular formula is C25H22Cl2F4N4O2. The zero-order valence-corrected chi connectivity index (χ0v) is 21.3. The number of likely N-dealkylation sites (N-methyl/N-ethyl adjacent to an activating group) is 1. The van der Waals surface area contributed by atoms with Gasteiger partial charge in [0.15, 0.2) is 5.69 Å². The highest BCUT2D eigenvalue weighted by atomic mass is 35.5. The molecule has 0 aliphatic carbocycles. The fourth-order valence-corrected chi connectivity index (χ4v) is 4.78. The summed E-state index contributed by atoms with van der Waals surface area (Å²) in [5, 5.41) is 0.738. The molecule has 0 radical (unpaired) electrons. The Bertz CT molecular complexity index is 1310. The molecule has 2 heterocycles. The van der Waals surface area contributed by atoms with Crippen LogP contribution in [0.5, 0.6) is 5.88 Å². The minimum Gasteiger partial charge on any atom is -0.480 e. The molecule has 2 atom stereocenters. The summed E-state index contributed by atoms with van der Waals surface area (Å²) in [6.45, 7) is 0.743. The van der Waals surface area contributed by atoms with Gasteiger partial charge in [0.2, 0.25) is 5.88 Å². The van der Waals surface area contributed by atoms with Crippen molar-refractivity contribution in [3.63, 3.8) is 0 Å². The monoisotopic (exact) mass is 556 g/mol. The molecule has 1 saturated heterocycles. The van der Waals surface area contributed by atoms with E-state index in [2.05, 4.69) is 9.97 Å². The van der Waals surface area contributed by atoms with Gasteiger partial charge in [-0.2, -0.15) is 13.2 Å². The third kappa shape index (κ3) is 5.97. The van der Waals surface area contributed by atoms with Gasteiger partial charge in [-0.15, -0.1) is 0 Å². The molecular weight excluding hydrogens is 535 g/mol. The Labute approximate surface area is 220 Å². The lowest BCUT2D eigenvalue weighted by Crippen LogP contribution is -2.38. The molecule has 6 nitrogen and oxygen atoms in total. The number of methoxy groups -OCH3 is 1. The molecule has 1 fully saturated rings. The summed E-state index contributed by atoms with van der Waals surface area (Å²) < 4.78 is 58.1. The zero-order chi connectivity index (χ0) is 26.9. The standard InChI is InChI=1S/C25H22Cl2F4N4O2/c1-34(11-14-3-5-17(20(28)7-14)25(29,30)31)22-13-35(24(36)21-9-32-10-23(33-21)37-2)12-16(22)15-4-6-18(26)19(27)8-15/h3-10,16,22H,11-13H2,1-2H3/t16-,22?/m1/s1. The van der Waals surface area contributed by atoms with Crippen molar-refractivity contribution in [2.75, 3.05) is 27.2 Å². The summed E-state index contributed by atoms with van der Waals surface area (Å²) >= 11 is 12.3. The number of aromatic nitrogens is 2. The second-order valence-electron chi connectivity index (χ2n) is 8.73. The number of hydrogen-bond acceptors (Lipinski definition) is 5. The predicted octanol–water partition coefficient (Wildman–Crippen LogP) is 5.69. The lowest BCUT2D eigenvalue weighted by Gasteiger charge is -2.29. The Morgan fingerprint density at radius 2 is 1.89 bits per heavy atom. The van der Waals surface area contributed by atoms with Gasteiger partial charge in [-0.3, -0.25) is 14.7 Å². The van der Waals surface area contributed by atoms with Crippen molar-refractivity contribution in [1.29, 1.82) is 0 Å². The summed E-state index contributed by atoms with van der Waals surface area (Å²) in [4.78, 5) is 24.9. The van der Waals surface area contributed by atoms with E-state index >= 15 is 0 Å². The molecule has 0 bridgehead atoms. The van der Waals surface area contributed by atoms with E-state index in [1.54, 1.807) is 24.1 Å². The third-order valence-corrected chi connectivity index (χ3v) is 7.06. The van der Waals surface area contributed by atoms with Crippen LogP contribution in [0.3, 0.4) is 0 Å². The summed E-state index contributed by atoms with van der Waals surface area (Å²) in [6.07, 6.45) is -2.04. The zero-order valence-electron chi connectivity index (χ0n) is 19.8. The van der Waals surface area contributed by atoms with Crippen LogP contribution in [0.15, 0.2) is 48.8 Å². The van der Waals surface area contributed by atoms with Crippen molar-refractivity contribution in [3.05, 3.63) is 87.0 Å². The molecule has 1 aliphatic heterocycles. The van der Waals surface area contributed by atoms with Crippen LogP contribution >= 0.6 is 23.2 Å². The van der Waals surface area contributed by atoms with Crippen LogP contribution in [-0.4, -0.2) is 59.0 Å². The van der Waals surface area contributed by atoms with Gasteiger partial charge in [0.1, 0.15) is 5.82 Å². The highest BCUT2D eigenvalue weighted by Crippen LogP contribution is 2.36. The van der Waals surface area contributed by atoms with Crippen LogP contribution in [0, 0.1) is 5.82 Å². The molecule has 0 saturated carbocycles. The number of carbonyl (C=O) groups is 1. The summed E-state index contributed by atoms with van der Waals surface area (Å²) in [6, 6.07) is 7.81. The molecule has 0 N–H and O–H groups in total. The normalized spacial score (nSPS) is 17.9. The van der Waals surface area contributed by atoms with E-state index in [1.165, 1.54) is 25.6 Å². The van der Waals surface area contributed by atoms with E-state index in [0.717, 1.165) is 17.7 Å². The van der Waals surface area contributed by atoms with E-state index in [-0.39, 0.29) is 42.5 Å². The van der Waals surface area contributed by atoms with Crippen LogP contribution < -0.4 is 4.74 Å². The van der Waals surface area contributed by atoms with Gasteiger partial charge in [-0.05, 0) is 42.4 Å². The topological polar surface area (TPSA) is 58.6 Å². The Balaban J connectivity index is 1.61. The Morgan fingerprint density at radius 1 is 1.14 bits per heavy atom. The van der Waals surface area contributed by atoms with Crippen LogP contribution in [-0.2, 0) is 12.7 Å². The minimum absolute atomic E-state index is 0.111. The number of carbonyl (C=O) groups excluding carboxylic acids is 1. The second-order valence-corrected chi connectivity index (χ2v) is 9.55. The van der Waals surface area contributed by atoms with Gasteiger partial charge in [0.05, 0.1) is 35.1 Å². The van der Waals surface area contributed by atoms with Gasteiger partial charge in [0, 0.05) is 31.6 Å². The van der Waals surface area contributed by atoms with Crippen molar-refractivity contribution in [1.82, 2.24) is 19.8 Å². The minimum atomic E-state index is -4.78. The number of alkyl halides is 3. The number of amides is 1. The largest absolute Gasteiger partial charge is 0.480 e. The highest BCUT2D eigenvalue weighted by Gasteiger charge is 2.40. The van der Waals surface area contributed by atoms with Crippen LogP contribution in [0.1, 0.15) is 33.1 Å². The predicted molar refractivity (Wildman–Crippen MR) is 130 cm³/mol. The molecule has 2 aromatic carbocycles. The van der Waals surface area contributed by atoms with E-state index < -0.39 is 17.6 Å². The first-order chi connectivity index (χ1) is 17.5. The van der Waals surface area contributed by atoms with Crippen molar-refractivity contribution in [3.8, 4) is 5.88 Å². The van der Waals surface area contributed by atoms with E-state index in [0.29, 0.717) is 22.2 Å². The Kier molecular flexibility index (Phi) is 7.91. The van der Waals surface area contributed by atoms with Gasteiger partial charge >= 0.3 is 6.18 Å². The number of ether oxygens (including phenoxy) is 1. The number of benzene rings is 2. The second kappa shape index (κ2) is 10.8. The number of likely N-dealkylation sites (tertiary alicyclic amines) is 1. The number of rotatable bonds is 6. The SMILES string of the molecule is COc1cncc(C(=O)N2CC(N(C)Cc3ccc(C(F)(F)F)c(F)c3)[C@@H](c3ccc(Cl)c(Cl)c3)C2)n1. The Morgan fingerprint density at radius 3 is 2.54 bits per heavy atom. The number of nitrogens with zero attached hydrogens (tertiary/aromatic N) is 4. The summed E-state index contributed by atoms with van der Waals surface area (Å²) in [5.74, 6) is -1.71. The molecule has 1 aromatic heterocycles. The molecule has 0 spiro atoms. The van der Waals surface area contributed by atoms with Gasteiger partial charge in [-0.25, -0.2) is 9.37 Å². The first-order valence-electron chi connectivity index (χ1n) is 11.1. The summed E-state index contributed by atoms with van der Waals surface area (Å²) in [7, 11) is 3.19. The number of hydrogen-bond donors (Lipinski definition) is 0. The third-order valence-electron chi connectivity index (χ3n) is 6.33. The molecule has 12 heteroatoms. The molecule has 1 amide bonds. The molecule has 1 unspecified atom stereocenters. The van der Waals surface area contributed by atoms with E-state index in [1.807, 2.05) is 11.0 Å². The average Bonchev–Trinajstić information content (AvgIpc) is 3.30. The van der Waals surface area contributed by atoms with Gasteiger partial charge in [-0.1, -0.05) is 35.3 Å². The maximum Gasteiger partial charge on any atom is 0.419 e. The van der Waals surface area contributed by atoms with Gasteiger partial charge < -0.3 is 9.64 Å². The molecule has 196 valence electrons. The maximum absolute atomic E-state index is 14.2. The van der Waals surface area contributed by atoms with Crippen molar-refractivity contribution >= 4 is 29.1 Å². The van der Waals surface area contributed by atoms with Crippen molar-refractivity contribution in [2.45, 2.75) is 24.7 Å². The highest BCUT2D eigenvalue weighted by molar-refractivity contribution is 6.42. The van der Waals surface area contributed by atoms with Crippen molar-refractivity contribution < 1.29 is 27.1 Å². The quantitative estimate of drug-likeness (QED) is 0.365. The van der Waals surface area contributed by atoms with E-state index in [9.17, 15) is 22.4 Å². The van der Waals surface area contributed by atoms with Crippen LogP contribution in [0.2, 0.25) is 10.0 Å². The van der Waals surface area contributed by atoms with Crippen LogP contribution in [0.4, 0.5) is 17.6 Å². The fourth-order valence-electron chi connectivity index (χ4n) is 4.47. The smallest absolute Gasteiger partial charge is 0.419 e. The lowest BCUT2D eigenvalue weighted by atomic mass is 9.93.